The molecule has 0 bridgehead atoms. The van der Waals surface area contributed by atoms with Crippen LogP contribution in [-0.4, -0.2) is 36.1 Å². The molecule has 2 aromatic rings. The number of carbonyl (C=O) groups excluding carboxylic acids is 1. The average Bonchev–Trinajstić information content (AvgIpc) is 3.33. The molecular weight excluding hydrogens is 491 g/mol. The van der Waals surface area contributed by atoms with Crippen molar-refractivity contribution in [2.45, 2.75) is 38.7 Å². The number of allylic oxidation sites excluding steroid dienone is 1. The molecule has 0 saturated heterocycles. The van der Waals surface area contributed by atoms with Crippen molar-refractivity contribution in [3.63, 3.8) is 0 Å². The number of halogens is 3. The molecule has 1 aliphatic rings. The number of esters is 1. The molecule has 7 nitrogen and oxygen atoms in total. The number of ether oxygens (including phenoxy) is 3. The lowest BCUT2D eigenvalue weighted by molar-refractivity contribution is -0.350. The highest BCUT2D eigenvalue weighted by molar-refractivity contribution is 5.86. The summed E-state index contributed by atoms with van der Waals surface area (Å²) in [5.41, 5.74) is -2.31. The lowest BCUT2D eigenvalue weighted by Crippen LogP contribution is -2.47. The highest BCUT2D eigenvalue weighted by atomic mass is 19.4. The van der Waals surface area contributed by atoms with Crippen LogP contribution in [0.2, 0.25) is 0 Å². The van der Waals surface area contributed by atoms with Gasteiger partial charge in [0.25, 0.3) is 0 Å². The van der Waals surface area contributed by atoms with E-state index >= 15 is 0 Å². The number of alkyl halides is 3. The van der Waals surface area contributed by atoms with Gasteiger partial charge in [0.05, 0.1) is 12.0 Å². The Morgan fingerprint density at radius 3 is 2.27 bits per heavy atom. The number of hydrogen-bond donors (Lipinski definition) is 1. The van der Waals surface area contributed by atoms with E-state index in [0.29, 0.717) is 24.0 Å². The minimum atomic E-state index is -4.99. The zero-order chi connectivity index (χ0) is 27.6. The third-order valence-corrected chi connectivity index (χ3v) is 6.98. The van der Waals surface area contributed by atoms with Crippen LogP contribution >= 0.6 is 0 Å². The summed E-state index contributed by atoms with van der Waals surface area (Å²) in [6, 6.07) is 17.4. The molecular formula is C27H26F3NO6. The molecule has 10 heteroatoms. The summed E-state index contributed by atoms with van der Waals surface area (Å²) < 4.78 is 54.2. The van der Waals surface area contributed by atoms with E-state index in [-0.39, 0.29) is 0 Å². The van der Waals surface area contributed by atoms with Crippen molar-refractivity contribution in [1.82, 2.24) is 0 Å². The Bertz CT molecular complexity index is 1240. The summed E-state index contributed by atoms with van der Waals surface area (Å²) in [4.78, 5) is 24.8. The minimum absolute atomic E-state index is 0.383. The quantitative estimate of drug-likeness (QED) is 0.253. The van der Waals surface area contributed by atoms with Crippen LogP contribution < -0.4 is 4.74 Å². The molecule has 196 valence electrons. The molecule has 0 aromatic heterocycles. The summed E-state index contributed by atoms with van der Waals surface area (Å²) in [6.07, 6.45) is -3.07. The zero-order valence-electron chi connectivity index (χ0n) is 20.6. The number of nitrogens with zero attached hydrogens (tertiary/aromatic N) is 1. The molecule has 0 radical (unpaired) electrons. The molecule has 0 heterocycles. The van der Waals surface area contributed by atoms with Crippen molar-refractivity contribution in [1.29, 1.82) is 5.26 Å². The number of carboxylic acid groups (broad SMARTS) is 1. The van der Waals surface area contributed by atoms with Crippen LogP contribution in [0.4, 0.5) is 13.2 Å². The van der Waals surface area contributed by atoms with Crippen LogP contribution in [0.15, 0.2) is 66.7 Å². The van der Waals surface area contributed by atoms with Gasteiger partial charge in [-0.2, -0.15) is 18.4 Å². The van der Waals surface area contributed by atoms with E-state index in [1.165, 1.54) is 6.08 Å². The summed E-state index contributed by atoms with van der Waals surface area (Å²) in [7, 11) is 0.747. The Morgan fingerprint density at radius 2 is 1.73 bits per heavy atom. The first-order chi connectivity index (χ1) is 17.2. The van der Waals surface area contributed by atoms with Crippen molar-refractivity contribution < 1.29 is 42.1 Å². The van der Waals surface area contributed by atoms with Gasteiger partial charge < -0.3 is 19.3 Å². The first kappa shape index (κ1) is 27.7. The lowest BCUT2D eigenvalue weighted by Gasteiger charge is -2.29. The van der Waals surface area contributed by atoms with Gasteiger partial charge in [-0.1, -0.05) is 50.3 Å². The maximum absolute atomic E-state index is 13.2. The number of para-hydroxylation sites is 1. The van der Waals surface area contributed by atoms with Gasteiger partial charge in [-0.25, -0.2) is 4.79 Å². The molecule has 0 amide bonds. The van der Waals surface area contributed by atoms with Crippen molar-refractivity contribution >= 4 is 11.9 Å². The number of aliphatic carboxylic acids is 1. The van der Waals surface area contributed by atoms with Crippen molar-refractivity contribution in [2.75, 3.05) is 7.11 Å². The van der Waals surface area contributed by atoms with E-state index in [0.717, 1.165) is 13.2 Å². The Kier molecular flexibility index (Phi) is 7.42. The van der Waals surface area contributed by atoms with Gasteiger partial charge in [-0.05, 0) is 35.2 Å². The second-order valence-corrected chi connectivity index (χ2v) is 9.35. The molecule has 1 unspecified atom stereocenters. The fraction of sp³-hybridized carbons (Fsp3) is 0.370. The van der Waals surface area contributed by atoms with Gasteiger partial charge in [-0.3, -0.25) is 4.79 Å². The third-order valence-electron chi connectivity index (χ3n) is 6.98. The Morgan fingerprint density at radius 1 is 1.11 bits per heavy atom. The van der Waals surface area contributed by atoms with Crippen LogP contribution in [0.3, 0.4) is 0 Å². The van der Waals surface area contributed by atoms with E-state index in [4.69, 9.17) is 4.74 Å². The van der Waals surface area contributed by atoms with Crippen molar-refractivity contribution in [3.05, 3.63) is 72.3 Å². The number of nitriles is 1. The van der Waals surface area contributed by atoms with Gasteiger partial charge in [-0.15, -0.1) is 0 Å². The molecule has 1 aliphatic carbocycles. The molecule has 1 saturated carbocycles. The smallest absolute Gasteiger partial charge is 0.455 e. The Hall–Kier alpha value is -3.84. The first-order valence-corrected chi connectivity index (χ1v) is 11.2. The van der Waals surface area contributed by atoms with Crippen molar-refractivity contribution in [3.8, 4) is 17.6 Å². The van der Waals surface area contributed by atoms with E-state index in [1.807, 2.05) is 6.07 Å². The molecule has 0 spiro atoms. The second-order valence-electron chi connectivity index (χ2n) is 9.35. The van der Waals surface area contributed by atoms with Gasteiger partial charge in [0.2, 0.25) is 0 Å². The maximum atomic E-state index is 13.2. The molecule has 1 fully saturated rings. The Balaban J connectivity index is 1.91. The minimum Gasteiger partial charge on any atom is -0.481 e. The third kappa shape index (κ3) is 4.91. The lowest BCUT2D eigenvalue weighted by atomic mass is 9.78. The topological polar surface area (TPSA) is 106 Å². The average molecular weight is 518 g/mol. The van der Waals surface area contributed by atoms with Gasteiger partial charge in [0.1, 0.15) is 16.9 Å². The van der Waals surface area contributed by atoms with Crippen LogP contribution in [0.25, 0.3) is 0 Å². The summed E-state index contributed by atoms with van der Waals surface area (Å²) in [5, 5.41) is 20.3. The van der Waals surface area contributed by atoms with Crippen molar-refractivity contribution in [2.24, 2.45) is 16.7 Å². The number of benzene rings is 2. The van der Waals surface area contributed by atoms with Gasteiger partial charge >= 0.3 is 23.9 Å². The number of methoxy groups -OCH3 is 1. The molecule has 37 heavy (non-hydrogen) atoms. The van der Waals surface area contributed by atoms with Crippen LogP contribution in [0.1, 0.15) is 32.3 Å². The molecule has 3 rings (SSSR count). The molecule has 4 atom stereocenters. The molecule has 2 aromatic carbocycles. The maximum Gasteiger partial charge on any atom is 0.455 e. The van der Waals surface area contributed by atoms with Gasteiger partial charge in [0.15, 0.2) is 0 Å². The zero-order valence-corrected chi connectivity index (χ0v) is 20.6. The fourth-order valence-corrected chi connectivity index (χ4v) is 4.75. The highest BCUT2D eigenvalue weighted by Crippen LogP contribution is 2.75. The predicted molar refractivity (Wildman–Crippen MR) is 125 cm³/mol. The van der Waals surface area contributed by atoms with Crippen LogP contribution in [0, 0.1) is 28.1 Å². The van der Waals surface area contributed by atoms with E-state index < -0.39 is 46.6 Å². The van der Waals surface area contributed by atoms with E-state index in [2.05, 4.69) is 15.5 Å². The van der Waals surface area contributed by atoms with Crippen LogP contribution in [-0.2, 0) is 19.1 Å². The first-order valence-electron chi connectivity index (χ1n) is 11.2. The Labute approximate surface area is 212 Å². The second kappa shape index (κ2) is 9.90. The van der Waals surface area contributed by atoms with Gasteiger partial charge in [0, 0.05) is 26.0 Å². The standard InChI is InChI=1S/C27H26F3NO6/c1-24(2)21(13-14-22(32)37-25(3,35-4)27(28,29)30)26(24,23(33)34)20(16-31)17-9-8-12-19(15-17)36-18-10-6-5-7-11-18/h5-15,20-21H,1-4H3,(H,33,34)/t20?,21-,25-,26+/m0/s1. The normalized spacial score (nSPS) is 22.9. The number of carboxylic acids is 1. The number of hydrogen-bond acceptors (Lipinski definition) is 6. The highest BCUT2D eigenvalue weighted by Gasteiger charge is 2.78. The molecule has 0 aliphatic heterocycles. The largest absolute Gasteiger partial charge is 0.481 e. The summed E-state index contributed by atoms with van der Waals surface area (Å²) in [5.74, 6) is -6.91. The monoisotopic (exact) mass is 517 g/mol. The number of carbonyl (C=O) groups is 2. The number of rotatable bonds is 9. The fourth-order valence-electron chi connectivity index (χ4n) is 4.75. The predicted octanol–water partition coefficient (Wildman–Crippen LogP) is 5.84. The van der Waals surface area contributed by atoms with E-state index in [9.17, 15) is 33.1 Å². The molecule has 1 N–H and O–H groups in total. The van der Waals surface area contributed by atoms with Crippen LogP contribution in [0.5, 0.6) is 11.5 Å². The summed E-state index contributed by atoms with van der Waals surface area (Å²) >= 11 is 0. The summed E-state index contributed by atoms with van der Waals surface area (Å²) in [6.45, 7) is 3.79. The SMILES string of the molecule is CO[C@@](C)(OC(=O)C=C[C@H]1C(C)(C)[C@]1(C(=O)O)C(C#N)c1cccc(Oc2ccccc2)c1)C(F)(F)F. The van der Waals surface area contributed by atoms with E-state index in [1.54, 1.807) is 62.4 Å².